The molecule has 0 spiro atoms. The molecule has 1 aliphatic heterocycles. The van der Waals surface area contributed by atoms with Crippen molar-refractivity contribution in [2.75, 3.05) is 18.4 Å². The van der Waals surface area contributed by atoms with Gasteiger partial charge in [0.15, 0.2) is 23.0 Å². The van der Waals surface area contributed by atoms with Gasteiger partial charge in [0.25, 0.3) is 0 Å². The molecule has 1 aromatic carbocycles. The van der Waals surface area contributed by atoms with Crippen LogP contribution in [0.15, 0.2) is 24.4 Å². The van der Waals surface area contributed by atoms with Crippen molar-refractivity contribution in [1.82, 2.24) is 9.88 Å². The first-order valence-corrected chi connectivity index (χ1v) is 7.75. The second-order valence-electron chi connectivity index (χ2n) is 5.18. The quantitative estimate of drug-likeness (QED) is 0.877. The van der Waals surface area contributed by atoms with Gasteiger partial charge in [-0.1, -0.05) is 17.4 Å². The van der Waals surface area contributed by atoms with Gasteiger partial charge in [-0.2, -0.15) is 5.26 Å². The highest BCUT2D eigenvalue weighted by atomic mass is 32.1. The molecule has 1 amide bonds. The number of rotatable bonds is 3. The largest absolute Gasteiger partial charge is 0.310 e. The van der Waals surface area contributed by atoms with Crippen LogP contribution in [-0.2, 0) is 4.79 Å². The number of carbonyl (C=O) groups excluding carboxylic acids is 1. The molecule has 23 heavy (non-hydrogen) atoms. The van der Waals surface area contributed by atoms with Crippen molar-refractivity contribution in [3.05, 3.63) is 36.0 Å². The number of benzene rings is 1. The third kappa shape index (κ3) is 3.29. The third-order valence-corrected chi connectivity index (χ3v) is 4.60. The van der Waals surface area contributed by atoms with Gasteiger partial charge in [-0.15, -0.1) is 0 Å². The van der Waals surface area contributed by atoms with Crippen LogP contribution in [0.5, 0.6) is 0 Å². The smallest absolute Gasteiger partial charge is 0.231 e. The summed E-state index contributed by atoms with van der Waals surface area (Å²) < 4.78 is 26.2. The molecule has 3 rings (SSSR count). The maximum Gasteiger partial charge on any atom is 0.231 e. The molecular formula is C15H12F2N4OS. The van der Waals surface area contributed by atoms with E-state index >= 15 is 0 Å². The minimum absolute atomic E-state index is 0.186. The number of likely N-dealkylation sites (tertiary alicyclic amines) is 1. The average Bonchev–Trinajstić information content (AvgIpc) is 3.19. The zero-order chi connectivity index (χ0) is 16.4. The van der Waals surface area contributed by atoms with E-state index in [4.69, 9.17) is 5.26 Å². The van der Waals surface area contributed by atoms with Gasteiger partial charge in [0.2, 0.25) is 5.91 Å². The van der Waals surface area contributed by atoms with Gasteiger partial charge in [-0.3, -0.25) is 4.79 Å². The summed E-state index contributed by atoms with van der Waals surface area (Å²) >= 11 is 1.18. The highest BCUT2D eigenvalue weighted by molar-refractivity contribution is 7.19. The van der Waals surface area contributed by atoms with Gasteiger partial charge in [-0.05, 0) is 24.1 Å². The Hall–Kier alpha value is -2.53. The molecule has 1 fully saturated rings. The lowest BCUT2D eigenvalue weighted by molar-refractivity contribution is -0.119. The van der Waals surface area contributed by atoms with E-state index < -0.39 is 11.6 Å². The number of hydrogen-bond donors (Lipinski definition) is 1. The Labute approximate surface area is 135 Å². The Balaban J connectivity index is 1.69. The average molecular weight is 334 g/mol. The van der Waals surface area contributed by atoms with E-state index in [-0.39, 0.29) is 11.8 Å². The van der Waals surface area contributed by atoms with Crippen LogP contribution in [0.1, 0.15) is 6.42 Å². The van der Waals surface area contributed by atoms with E-state index in [0.717, 1.165) is 12.1 Å². The van der Waals surface area contributed by atoms with Crippen LogP contribution in [-0.4, -0.2) is 28.9 Å². The van der Waals surface area contributed by atoms with Gasteiger partial charge in [0.05, 0.1) is 10.8 Å². The fraction of sp³-hybridized carbons (Fsp3) is 0.267. The highest BCUT2D eigenvalue weighted by Crippen LogP contribution is 2.30. The number of anilines is 1. The number of nitrogens with zero attached hydrogens (tertiary/aromatic N) is 3. The third-order valence-electron chi connectivity index (χ3n) is 3.64. The Morgan fingerprint density at radius 1 is 1.43 bits per heavy atom. The van der Waals surface area contributed by atoms with Gasteiger partial charge >= 0.3 is 0 Å². The Kier molecular flexibility index (Phi) is 4.21. The van der Waals surface area contributed by atoms with Gasteiger partial charge in [0, 0.05) is 19.3 Å². The van der Waals surface area contributed by atoms with E-state index in [0.29, 0.717) is 35.1 Å². The summed E-state index contributed by atoms with van der Waals surface area (Å²) in [6, 6.07) is 3.60. The second kappa shape index (κ2) is 6.30. The zero-order valence-electron chi connectivity index (χ0n) is 11.9. The van der Waals surface area contributed by atoms with Crippen molar-refractivity contribution in [3.8, 4) is 16.6 Å². The minimum Gasteiger partial charge on any atom is -0.310 e. The molecule has 0 radical (unpaired) electrons. The number of aromatic nitrogens is 1. The molecule has 1 saturated heterocycles. The minimum atomic E-state index is -0.927. The maximum atomic E-state index is 13.3. The fourth-order valence-electron chi connectivity index (χ4n) is 2.39. The van der Waals surface area contributed by atoms with Crippen LogP contribution in [0.25, 0.3) is 10.4 Å². The molecule has 0 aliphatic carbocycles. The van der Waals surface area contributed by atoms with Crippen LogP contribution < -0.4 is 5.32 Å². The highest BCUT2D eigenvalue weighted by Gasteiger charge is 2.28. The molecule has 1 aromatic heterocycles. The number of amides is 1. The molecule has 2 heterocycles. The van der Waals surface area contributed by atoms with E-state index in [1.165, 1.54) is 23.6 Å². The lowest BCUT2D eigenvalue weighted by atomic mass is 10.1. The van der Waals surface area contributed by atoms with Crippen molar-refractivity contribution in [3.63, 3.8) is 0 Å². The first kappa shape index (κ1) is 15.4. The first-order chi connectivity index (χ1) is 11.1. The fourth-order valence-corrected chi connectivity index (χ4v) is 3.20. The van der Waals surface area contributed by atoms with E-state index in [1.54, 1.807) is 4.90 Å². The van der Waals surface area contributed by atoms with Crippen LogP contribution in [0.4, 0.5) is 13.9 Å². The summed E-state index contributed by atoms with van der Waals surface area (Å²) in [5.74, 6) is -2.27. The van der Waals surface area contributed by atoms with Crippen LogP contribution in [0.3, 0.4) is 0 Å². The van der Waals surface area contributed by atoms with Gasteiger partial charge in [-0.25, -0.2) is 13.8 Å². The molecule has 1 N–H and O–H groups in total. The second-order valence-corrected chi connectivity index (χ2v) is 6.21. The van der Waals surface area contributed by atoms with Crippen LogP contribution in [0, 0.1) is 29.0 Å². The molecule has 0 bridgehead atoms. The Morgan fingerprint density at radius 3 is 2.96 bits per heavy atom. The standard InChI is InChI=1S/C15H12F2N4OS/c16-11-2-1-9(5-12(11)17)13-6-19-15(23-13)20-14(22)10-3-4-21(7-10)8-18/h1-2,5-6,10H,3-4,7H2,(H,19,20,22). The van der Waals surface area contributed by atoms with E-state index in [2.05, 4.69) is 10.3 Å². The zero-order valence-corrected chi connectivity index (χ0v) is 12.7. The Morgan fingerprint density at radius 2 is 2.26 bits per heavy atom. The van der Waals surface area contributed by atoms with Crippen molar-refractivity contribution < 1.29 is 13.6 Å². The summed E-state index contributed by atoms with van der Waals surface area (Å²) in [6.45, 7) is 0.982. The number of halogens is 2. The number of nitriles is 1. The lowest BCUT2D eigenvalue weighted by Crippen LogP contribution is -2.25. The predicted octanol–water partition coefficient (Wildman–Crippen LogP) is 2.83. The predicted molar refractivity (Wildman–Crippen MR) is 81.4 cm³/mol. The molecule has 1 atom stereocenters. The molecular weight excluding hydrogens is 322 g/mol. The number of thiazole rings is 1. The van der Waals surface area contributed by atoms with E-state index in [9.17, 15) is 13.6 Å². The van der Waals surface area contributed by atoms with Crippen LogP contribution in [0.2, 0.25) is 0 Å². The molecule has 118 valence electrons. The lowest BCUT2D eigenvalue weighted by Gasteiger charge is -2.08. The van der Waals surface area contributed by atoms with Crippen molar-refractivity contribution in [2.45, 2.75) is 6.42 Å². The first-order valence-electron chi connectivity index (χ1n) is 6.93. The normalized spacial score (nSPS) is 17.1. The van der Waals surface area contributed by atoms with Crippen molar-refractivity contribution >= 4 is 22.4 Å². The summed E-state index contributed by atoms with van der Waals surface area (Å²) in [6.07, 6.45) is 4.15. The number of hydrogen-bond acceptors (Lipinski definition) is 5. The van der Waals surface area contributed by atoms with Gasteiger partial charge in [0.1, 0.15) is 0 Å². The number of carbonyl (C=O) groups is 1. The molecule has 0 saturated carbocycles. The summed E-state index contributed by atoms with van der Waals surface area (Å²) in [5, 5.41) is 11.9. The number of nitrogens with one attached hydrogen (secondary N) is 1. The maximum absolute atomic E-state index is 13.3. The molecule has 2 aromatic rings. The van der Waals surface area contributed by atoms with E-state index in [1.807, 2.05) is 6.19 Å². The monoisotopic (exact) mass is 334 g/mol. The summed E-state index contributed by atoms with van der Waals surface area (Å²) in [4.78, 5) is 18.4. The molecule has 1 unspecified atom stereocenters. The summed E-state index contributed by atoms with van der Waals surface area (Å²) in [5.41, 5.74) is 0.499. The van der Waals surface area contributed by atoms with Crippen LogP contribution >= 0.6 is 11.3 Å². The summed E-state index contributed by atoms with van der Waals surface area (Å²) in [7, 11) is 0. The molecule has 5 nitrogen and oxygen atoms in total. The topological polar surface area (TPSA) is 69.0 Å². The van der Waals surface area contributed by atoms with Gasteiger partial charge < -0.3 is 10.2 Å². The Bertz CT molecular complexity index is 786. The van der Waals surface area contributed by atoms with Crippen molar-refractivity contribution in [1.29, 1.82) is 5.26 Å². The SMILES string of the molecule is N#CN1CCC(C(=O)Nc2ncc(-c3ccc(F)c(F)c3)s2)C1. The van der Waals surface area contributed by atoms with Crippen molar-refractivity contribution in [2.24, 2.45) is 5.92 Å². The molecule has 1 aliphatic rings. The molecule has 8 heteroatoms.